The fraction of sp³-hybridized carbons (Fsp3) is 0.0769. The fourth-order valence-corrected chi connectivity index (χ4v) is 1.76. The van der Waals surface area contributed by atoms with Crippen molar-refractivity contribution < 1.29 is 0 Å². The van der Waals surface area contributed by atoms with E-state index < -0.39 is 0 Å². The molecule has 0 aliphatic carbocycles. The van der Waals surface area contributed by atoms with Crippen molar-refractivity contribution in [2.24, 2.45) is 0 Å². The smallest absolute Gasteiger partial charge is 0.107 e. The standard InChI is InChI=1S/C13H10N3/c1-2-4-11(5-3-1)9-16-10-15-12-8-14-7-6-13(12)16/h2-8,10H,9H2. The van der Waals surface area contributed by atoms with E-state index in [2.05, 4.69) is 32.7 Å². The maximum atomic E-state index is 4.31. The Labute approximate surface area is 93.4 Å². The molecular weight excluding hydrogens is 198 g/mol. The molecule has 0 amide bonds. The highest BCUT2D eigenvalue weighted by Crippen LogP contribution is 2.12. The van der Waals surface area contributed by atoms with Gasteiger partial charge in [0.15, 0.2) is 0 Å². The van der Waals surface area contributed by atoms with Crippen molar-refractivity contribution in [3.63, 3.8) is 0 Å². The number of imidazole rings is 1. The van der Waals surface area contributed by atoms with E-state index in [0.29, 0.717) is 0 Å². The van der Waals surface area contributed by atoms with Crippen LogP contribution in [0, 0.1) is 6.07 Å². The van der Waals surface area contributed by atoms with E-state index in [1.807, 2.05) is 24.5 Å². The van der Waals surface area contributed by atoms with Crippen LogP contribution in [0.5, 0.6) is 0 Å². The quantitative estimate of drug-likeness (QED) is 0.646. The highest BCUT2D eigenvalue weighted by Gasteiger charge is 2.01. The number of aromatic nitrogens is 3. The van der Waals surface area contributed by atoms with Gasteiger partial charge in [0.2, 0.25) is 0 Å². The lowest BCUT2D eigenvalue weighted by Crippen LogP contribution is -1.97. The summed E-state index contributed by atoms with van der Waals surface area (Å²) in [5.41, 5.74) is 3.29. The van der Waals surface area contributed by atoms with Crippen molar-refractivity contribution in [3.05, 3.63) is 60.7 Å². The average molecular weight is 208 g/mol. The molecule has 0 unspecified atom stereocenters. The highest BCUT2D eigenvalue weighted by molar-refractivity contribution is 5.73. The van der Waals surface area contributed by atoms with E-state index in [9.17, 15) is 0 Å². The van der Waals surface area contributed by atoms with Crippen LogP contribution in [0.25, 0.3) is 11.0 Å². The number of hydrogen-bond donors (Lipinski definition) is 0. The van der Waals surface area contributed by atoms with Gasteiger partial charge in [0.25, 0.3) is 0 Å². The fourth-order valence-electron chi connectivity index (χ4n) is 1.76. The summed E-state index contributed by atoms with van der Waals surface area (Å²) < 4.78 is 2.12. The summed E-state index contributed by atoms with van der Waals surface area (Å²) in [6.07, 6.45) is 5.42. The number of fused-ring (bicyclic) bond motifs is 1. The molecule has 0 atom stereocenters. The Morgan fingerprint density at radius 2 is 2.06 bits per heavy atom. The molecule has 0 N–H and O–H groups in total. The molecule has 0 saturated heterocycles. The molecule has 2 aromatic heterocycles. The maximum absolute atomic E-state index is 4.31. The van der Waals surface area contributed by atoms with Crippen molar-refractivity contribution in [1.82, 2.24) is 14.5 Å². The molecule has 16 heavy (non-hydrogen) atoms. The van der Waals surface area contributed by atoms with E-state index in [4.69, 9.17) is 0 Å². The van der Waals surface area contributed by atoms with Crippen molar-refractivity contribution in [3.8, 4) is 0 Å². The zero-order valence-corrected chi connectivity index (χ0v) is 8.67. The highest BCUT2D eigenvalue weighted by atomic mass is 15.0. The third-order valence-corrected chi connectivity index (χ3v) is 2.56. The SMILES string of the molecule is [c]1ccc(Cn2cnc3cnccc32)cc1. The van der Waals surface area contributed by atoms with Gasteiger partial charge >= 0.3 is 0 Å². The van der Waals surface area contributed by atoms with E-state index in [-0.39, 0.29) is 0 Å². The molecule has 1 aromatic carbocycles. The number of nitrogens with zero attached hydrogens (tertiary/aromatic N) is 3. The van der Waals surface area contributed by atoms with Gasteiger partial charge in [-0.05, 0) is 17.7 Å². The van der Waals surface area contributed by atoms with Crippen LogP contribution in [0.4, 0.5) is 0 Å². The predicted molar refractivity (Wildman–Crippen MR) is 61.9 cm³/mol. The molecule has 0 aliphatic rings. The Kier molecular flexibility index (Phi) is 2.14. The Morgan fingerprint density at radius 1 is 1.19 bits per heavy atom. The molecule has 1 radical (unpaired) electrons. The number of hydrogen-bond acceptors (Lipinski definition) is 2. The zero-order chi connectivity index (χ0) is 10.8. The summed E-state index contributed by atoms with van der Waals surface area (Å²) in [4.78, 5) is 8.36. The van der Waals surface area contributed by atoms with Gasteiger partial charge in [0, 0.05) is 12.7 Å². The first kappa shape index (κ1) is 9.09. The van der Waals surface area contributed by atoms with Crippen LogP contribution in [0.2, 0.25) is 0 Å². The summed E-state index contributed by atoms with van der Waals surface area (Å²) >= 11 is 0. The molecule has 3 nitrogen and oxygen atoms in total. The first-order valence-electron chi connectivity index (χ1n) is 5.13. The van der Waals surface area contributed by atoms with Crippen molar-refractivity contribution in [2.75, 3.05) is 0 Å². The summed E-state index contributed by atoms with van der Waals surface area (Å²) in [5, 5.41) is 0. The largest absolute Gasteiger partial charge is 0.326 e. The van der Waals surface area contributed by atoms with Gasteiger partial charge in [-0.1, -0.05) is 24.3 Å². The summed E-state index contributed by atoms with van der Waals surface area (Å²) in [6, 6.07) is 13.0. The van der Waals surface area contributed by atoms with E-state index in [0.717, 1.165) is 17.6 Å². The van der Waals surface area contributed by atoms with Gasteiger partial charge in [-0.15, -0.1) is 0 Å². The van der Waals surface area contributed by atoms with Gasteiger partial charge in [0.05, 0.1) is 18.0 Å². The molecule has 77 valence electrons. The lowest BCUT2D eigenvalue weighted by atomic mass is 10.2. The second kappa shape index (κ2) is 3.77. The molecule has 3 rings (SSSR count). The normalized spacial score (nSPS) is 10.8. The minimum Gasteiger partial charge on any atom is -0.326 e. The third-order valence-electron chi connectivity index (χ3n) is 2.56. The van der Waals surface area contributed by atoms with E-state index in [1.165, 1.54) is 5.56 Å². The van der Waals surface area contributed by atoms with Crippen LogP contribution < -0.4 is 0 Å². The monoisotopic (exact) mass is 208 g/mol. The van der Waals surface area contributed by atoms with Crippen molar-refractivity contribution in [2.45, 2.75) is 6.54 Å². The average Bonchev–Trinajstić information content (AvgIpc) is 2.74. The van der Waals surface area contributed by atoms with E-state index in [1.54, 1.807) is 12.4 Å². The topological polar surface area (TPSA) is 30.7 Å². The van der Waals surface area contributed by atoms with Crippen molar-refractivity contribution in [1.29, 1.82) is 0 Å². The van der Waals surface area contributed by atoms with Gasteiger partial charge in [-0.25, -0.2) is 4.98 Å². The lowest BCUT2D eigenvalue weighted by Gasteiger charge is -2.03. The minimum absolute atomic E-state index is 0.829. The van der Waals surface area contributed by atoms with Crippen LogP contribution in [0.3, 0.4) is 0 Å². The molecule has 0 saturated carbocycles. The summed E-state index contributed by atoms with van der Waals surface area (Å²) in [5.74, 6) is 0. The van der Waals surface area contributed by atoms with Gasteiger partial charge in [-0.3, -0.25) is 4.98 Å². The van der Waals surface area contributed by atoms with Gasteiger partial charge in [-0.2, -0.15) is 0 Å². The number of pyridine rings is 1. The van der Waals surface area contributed by atoms with Gasteiger partial charge in [0.1, 0.15) is 5.52 Å². The minimum atomic E-state index is 0.829. The maximum Gasteiger partial charge on any atom is 0.107 e. The predicted octanol–water partition coefficient (Wildman–Crippen LogP) is 2.28. The third kappa shape index (κ3) is 1.56. The summed E-state index contributed by atoms with van der Waals surface area (Å²) in [7, 11) is 0. The molecule has 3 heteroatoms. The summed E-state index contributed by atoms with van der Waals surface area (Å²) in [6.45, 7) is 0.829. The second-order valence-corrected chi connectivity index (χ2v) is 3.65. The van der Waals surface area contributed by atoms with Crippen LogP contribution in [-0.4, -0.2) is 14.5 Å². The first-order valence-corrected chi connectivity index (χ1v) is 5.13. The zero-order valence-electron chi connectivity index (χ0n) is 8.67. The van der Waals surface area contributed by atoms with E-state index >= 15 is 0 Å². The van der Waals surface area contributed by atoms with Crippen LogP contribution >= 0.6 is 0 Å². The molecule has 2 heterocycles. The lowest BCUT2D eigenvalue weighted by molar-refractivity contribution is 0.824. The second-order valence-electron chi connectivity index (χ2n) is 3.65. The Balaban J connectivity index is 2.01. The Hall–Kier alpha value is -2.16. The van der Waals surface area contributed by atoms with Crippen LogP contribution in [0.15, 0.2) is 49.1 Å². The molecule has 0 bridgehead atoms. The molecular formula is C13H10N3. The Morgan fingerprint density at radius 3 is 2.94 bits per heavy atom. The number of rotatable bonds is 2. The van der Waals surface area contributed by atoms with Crippen molar-refractivity contribution >= 4 is 11.0 Å². The molecule has 0 spiro atoms. The molecule has 0 aliphatic heterocycles. The number of benzene rings is 1. The first-order chi connectivity index (χ1) is 7.93. The van der Waals surface area contributed by atoms with Gasteiger partial charge < -0.3 is 4.57 Å². The Bertz CT molecular complexity index is 599. The molecule has 3 aromatic rings. The van der Waals surface area contributed by atoms with Crippen LogP contribution in [-0.2, 0) is 6.54 Å². The molecule has 0 fully saturated rings. The van der Waals surface area contributed by atoms with Crippen LogP contribution in [0.1, 0.15) is 5.56 Å².